The molecule has 0 spiro atoms. The van der Waals surface area contributed by atoms with E-state index in [0.717, 1.165) is 6.42 Å². The van der Waals surface area contributed by atoms with Crippen LogP contribution < -0.4 is 5.32 Å². The molecule has 104 valence electrons. The fraction of sp³-hybridized carbons (Fsp3) is 0.188. The minimum atomic E-state index is 0.00434. The molecule has 1 heterocycles. The maximum Gasteiger partial charge on any atom is 0.230 e. The van der Waals surface area contributed by atoms with Gasteiger partial charge in [-0.15, -0.1) is 0 Å². The first kappa shape index (κ1) is 12.1. The van der Waals surface area contributed by atoms with Crippen LogP contribution >= 0.6 is 0 Å². The number of nitrogens with one attached hydrogen (secondary N) is 2. The molecule has 5 heteroatoms. The highest BCUT2D eigenvalue weighted by Gasteiger charge is 2.44. The van der Waals surface area contributed by atoms with E-state index in [4.69, 9.17) is 0 Å². The number of anilines is 1. The Balaban J connectivity index is 1.57. The van der Waals surface area contributed by atoms with Crippen LogP contribution in [0.4, 0.5) is 5.95 Å². The Morgan fingerprint density at radius 3 is 2.90 bits per heavy atom. The normalized spacial score (nSPS) is 20.4. The van der Waals surface area contributed by atoms with Crippen LogP contribution in [0.5, 0.6) is 0 Å². The molecule has 2 N–H and O–H groups in total. The zero-order valence-corrected chi connectivity index (χ0v) is 11.3. The molecule has 4 rings (SSSR count). The second-order valence-corrected chi connectivity index (χ2v) is 5.34. The van der Waals surface area contributed by atoms with Gasteiger partial charge in [-0.3, -0.25) is 10.1 Å². The van der Waals surface area contributed by atoms with Crippen molar-refractivity contribution in [1.82, 2.24) is 15.2 Å². The number of carbonyl (C=O) groups excluding carboxylic acids is 1. The third-order valence-corrected chi connectivity index (χ3v) is 4.01. The number of hydrogen-bond donors (Lipinski definition) is 2. The van der Waals surface area contributed by atoms with Crippen molar-refractivity contribution in [2.45, 2.75) is 12.3 Å². The van der Waals surface area contributed by atoms with Crippen molar-refractivity contribution >= 4 is 22.6 Å². The highest BCUT2D eigenvalue weighted by Crippen LogP contribution is 2.49. The highest BCUT2D eigenvalue weighted by atomic mass is 16.2. The number of rotatable bonds is 3. The number of aromatic amines is 1. The fourth-order valence-corrected chi connectivity index (χ4v) is 2.88. The van der Waals surface area contributed by atoms with Crippen molar-refractivity contribution in [3.8, 4) is 0 Å². The minimum absolute atomic E-state index is 0.00434. The molecule has 0 bridgehead atoms. The maximum atomic E-state index is 12.2. The number of benzene rings is 2. The summed E-state index contributed by atoms with van der Waals surface area (Å²) in [7, 11) is 0. The molecule has 1 aliphatic carbocycles. The molecule has 0 saturated heterocycles. The van der Waals surface area contributed by atoms with Crippen LogP contribution in [0.1, 0.15) is 17.9 Å². The lowest BCUT2D eigenvalue weighted by Gasteiger charge is -2.06. The maximum absolute atomic E-state index is 12.2. The number of H-pyrrole nitrogens is 1. The Hall–Kier alpha value is -2.69. The molecule has 0 aliphatic heterocycles. The van der Waals surface area contributed by atoms with Crippen molar-refractivity contribution in [3.05, 3.63) is 54.4 Å². The van der Waals surface area contributed by atoms with Gasteiger partial charge < -0.3 is 0 Å². The van der Waals surface area contributed by atoms with Gasteiger partial charge in [-0.05, 0) is 28.7 Å². The standard InChI is InChI=1S/C16H14N4O/c21-15(19-16-17-9-18-20-16)14-8-13(14)12-7-3-5-10-4-1-2-6-11(10)12/h1-7,9,13-14H,8H2,(H2,17,18,19,20,21)/t13-,14+/m1/s1. The van der Waals surface area contributed by atoms with Gasteiger partial charge in [-0.25, -0.2) is 5.10 Å². The molecule has 0 radical (unpaired) electrons. The summed E-state index contributed by atoms with van der Waals surface area (Å²) in [6.07, 6.45) is 2.26. The largest absolute Gasteiger partial charge is 0.295 e. The van der Waals surface area contributed by atoms with Gasteiger partial charge in [0.25, 0.3) is 0 Å². The summed E-state index contributed by atoms with van der Waals surface area (Å²) in [6.45, 7) is 0. The first-order valence-electron chi connectivity index (χ1n) is 6.97. The minimum Gasteiger partial charge on any atom is -0.295 e. The molecule has 2 aromatic carbocycles. The Morgan fingerprint density at radius 2 is 2.05 bits per heavy atom. The van der Waals surface area contributed by atoms with E-state index < -0.39 is 0 Å². The molecular formula is C16H14N4O. The Labute approximate surface area is 121 Å². The van der Waals surface area contributed by atoms with Crippen molar-refractivity contribution in [3.63, 3.8) is 0 Å². The summed E-state index contributed by atoms with van der Waals surface area (Å²) in [5, 5.41) is 11.6. The Morgan fingerprint density at radius 1 is 1.19 bits per heavy atom. The summed E-state index contributed by atoms with van der Waals surface area (Å²) in [5.74, 6) is 0.716. The summed E-state index contributed by atoms with van der Waals surface area (Å²) >= 11 is 0. The third-order valence-electron chi connectivity index (χ3n) is 4.01. The monoisotopic (exact) mass is 278 g/mol. The molecule has 1 aliphatic rings. The fourth-order valence-electron chi connectivity index (χ4n) is 2.88. The Bertz CT molecular complexity index is 792. The number of amides is 1. The van der Waals surface area contributed by atoms with E-state index in [-0.39, 0.29) is 11.8 Å². The predicted octanol–water partition coefficient (Wildman–Crippen LogP) is 2.70. The smallest absolute Gasteiger partial charge is 0.230 e. The number of carbonyl (C=O) groups is 1. The molecule has 2 atom stereocenters. The van der Waals surface area contributed by atoms with E-state index >= 15 is 0 Å². The van der Waals surface area contributed by atoms with E-state index in [0.29, 0.717) is 11.9 Å². The van der Waals surface area contributed by atoms with Crippen LogP contribution in [0.2, 0.25) is 0 Å². The molecule has 0 unspecified atom stereocenters. The predicted molar refractivity (Wildman–Crippen MR) is 79.8 cm³/mol. The first-order valence-corrected chi connectivity index (χ1v) is 6.97. The van der Waals surface area contributed by atoms with E-state index in [1.807, 2.05) is 12.1 Å². The molecule has 1 fully saturated rings. The molecule has 21 heavy (non-hydrogen) atoms. The number of fused-ring (bicyclic) bond motifs is 1. The zero-order chi connectivity index (χ0) is 14.2. The van der Waals surface area contributed by atoms with Gasteiger partial charge in [-0.1, -0.05) is 42.5 Å². The SMILES string of the molecule is O=C(Nc1ncn[nH]1)[C@H]1C[C@@H]1c1cccc2ccccc12. The molecule has 3 aromatic rings. The van der Waals surface area contributed by atoms with Gasteiger partial charge >= 0.3 is 0 Å². The zero-order valence-electron chi connectivity index (χ0n) is 11.3. The van der Waals surface area contributed by atoms with Crippen molar-refractivity contribution in [2.75, 3.05) is 5.32 Å². The average Bonchev–Trinajstić information content (AvgIpc) is 3.16. The molecule has 5 nitrogen and oxygen atoms in total. The average molecular weight is 278 g/mol. The highest BCUT2D eigenvalue weighted by molar-refractivity contribution is 5.95. The summed E-state index contributed by atoms with van der Waals surface area (Å²) in [4.78, 5) is 16.1. The first-order chi connectivity index (χ1) is 10.3. The third kappa shape index (κ3) is 2.16. The van der Waals surface area contributed by atoms with Crippen LogP contribution in [0.25, 0.3) is 10.8 Å². The Kier molecular flexibility index (Phi) is 2.70. The molecule has 1 saturated carbocycles. The molecule has 1 aromatic heterocycles. The van der Waals surface area contributed by atoms with E-state index in [2.05, 4.69) is 50.8 Å². The number of aromatic nitrogens is 3. The topological polar surface area (TPSA) is 70.7 Å². The molecule has 1 amide bonds. The van der Waals surface area contributed by atoms with E-state index in [9.17, 15) is 4.79 Å². The molecular weight excluding hydrogens is 264 g/mol. The van der Waals surface area contributed by atoms with Crippen molar-refractivity contribution in [1.29, 1.82) is 0 Å². The lowest BCUT2D eigenvalue weighted by atomic mass is 10.00. The van der Waals surface area contributed by atoms with Gasteiger partial charge in [0, 0.05) is 5.92 Å². The lowest BCUT2D eigenvalue weighted by Crippen LogP contribution is -2.15. The van der Waals surface area contributed by atoms with Gasteiger partial charge in [0.2, 0.25) is 11.9 Å². The van der Waals surface area contributed by atoms with Gasteiger partial charge in [0.15, 0.2) is 0 Å². The van der Waals surface area contributed by atoms with Crippen LogP contribution in [0.15, 0.2) is 48.8 Å². The summed E-state index contributed by atoms with van der Waals surface area (Å²) in [5.41, 5.74) is 1.26. The van der Waals surface area contributed by atoms with Crippen LogP contribution in [0, 0.1) is 5.92 Å². The van der Waals surface area contributed by atoms with Crippen LogP contribution in [0.3, 0.4) is 0 Å². The quantitative estimate of drug-likeness (QED) is 0.773. The number of hydrogen-bond acceptors (Lipinski definition) is 3. The number of nitrogens with zero attached hydrogens (tertiary/aromatic N) is 2. The lowest BCUT2D eigenvalue weighted by molar-refractivity contribution is -0.117. The van der Waals surface area contributed by atoms with E-state index in [1.165, 1.54) is 22.7 Å². The summed E-state index contributed by atoms with van der Waals surface area (Å²) in [6, 6.07) is 14.6. The second-order valence-electron chi connectivity index (χ2n) is 5.34. The van der Waals surface area contributed by atoms with Crippen LogP contribution in [-0.2, 0) is 4.79 Å². The van der Waals surface area contributed by atoms with Crippen molar-refractivity contribution < 1.29 is 4.79 Å². The second kappa shape index (κ2) is 4.70. The van der Waals surface area contributed by atoms with Gasteiger partial charge in [0.1, 0.15) is 6.33 Å². The van der Waals surface area contributed by atoms with Crippen molar-refractivity contribution in [2.24, 2.45) is 5.92 Å². The van der Waals surface area contributed by atoms with Gasteiger partial charge in [0.05, 0.1) is 0 Å². The van der Waals surface area contributed by atoms with Gasteiger partial charge in [-0.2, -0.15) is 10.1 Å². The summed E-state index contributed by atoms with van der Waals surface area (Å²) < 4.78 is 0. The van der Waals surface area contributed by atoms with E-state index in [1.54, 1.807) is 0 Å². The van der Waals surface area contributed by atoms with Crippen LogP contribution in [-0.4, -0.2) is 21.1 Å².